The molecule has 0 aliphatic carbocycles. The maximum Gasteiger partial charge on any atom is 0.251 e. The lowest BCUT2D eigenvalue weighted by molar-refractivity contribution is -0.134. The Bertz CT molecular complexity index is 734. The highest BCUT2D eigenvalue weighted by molar-refractivity contribution is 5.95. The molecule has 0 bridgehead atoms. The van der Waals surface area contributed by atoms with Crippen molar-refractivity contribution in [1.29, 1.82) is 0 Å². The zero-order valence-corrected chi connectivity index (χ0v) is 17.3. The summed E-state index contributed by atoms with van der Waals surface area (Å²) in [7, 11) is 3.56. The molecule has 1 N–H and O–H groups in total. The van der Waals surface area contributed by atoms with Crippen LogP contribution in [0.25, 0.3) is 0 Å². The van der Waals surface area contributed by atoms with Gasteiger partial charge in [-0.2, -0.15) is 0 Å². The molecule has 0 aromatic heterocycles. The zero-order chi connectivity index (χ0) is 20.3. The van der Waals surface area contributed by atoms with Crippen LogP contribution >= 0.6 is 0 Å². The van der Waals surface area contributed by atoms with Crippen LogP contribution in [-0.4, -0.2) is 68.8 Å². The van der Waals surface area contributed by atoms with Crippen molar-refractivity contribution in [2.75, 3.05) is 45.4 Å². The molecule has 1 saturated heterocycles. The minimum atomic E-state index is -0.148. The Morgan fingerprint density at radius 1 is 1.36 bits per heavy atom. The number of methoxy groups -OCH3 is 1. The molecule has 2 aliphatic heterocycles. The number of hydrogen-bond acceptors (Lipinski definition) is 5. The van der Waals surface area contributed by atoms with Gasteiger partial charge in [0, 0.05) is 38.3 Å². The minimum Gasteiger partial charge on any atom is -0.489 e. The van der Waals surface area contributed by atoms with Crippen molar-refractivity contribution >= 4 is 17.5 Å². The fourth-order valence-electron chi connectivity index (χ4n) is 4.00. The summed E-state index contributed by atoms with van der Waals surface area (Å²) < 4.78 is 10.9. The van der Waals surface area contributed by atoms with E-state index in [2.05, 4.69) is 24.1 Å². The number of amides is 2. The first-order valence-electron chi connectivity index (χ1n) is 9.91. The van der Waals surface area contributed by atoms with Gasteiger partial charge in [0.25, 0.3) is 5.91 Å². The topological polar surface area (TPSA) is 71.1 Å². The van der Waals surface area contributed by atoms with Gasteiger partial charge in [-0.25, -0.2) is 0 Å². The molecular weight excluding hydrogens is 358 g/mol. The third-order valence-corrected chi connectivity index (χ3v) is 5.78. The summed E-state index contributed by atoms with van der Waals surface area (Å²) in [5.41, 5.74) is 1.33. The first kappa shape index (κ1) is 20.5. The molecule has 2 heterocycles. The molecule has 0 saturated carbocycles. The molecule has 7 heteroatoms. The van der Waals surface area contributed by atoms with Crippen LogP contribution < -0.4 is 15.0 Å². The Balaban J connectivity index is 1.69. The Morgan fingerprint density at radius 3 is 2.82 bits per heavy atom. The lowest BCUT2D eigenvalue weighted by atomic mass is 10.0. The molecule has 0 radical (unpaired) electrons. The Hall–Kier alpha value is -2.28. The monoisotopic (exact) mass is 389 g/mol. The number of anilines is 1. The largest absolute Gasteiger partial charge is 0.489 e. The summed E-state index contributed by atoms with van der Waals surface area (Å²) in [5.74, 6) is 0.756. The number of fused-ring (bicyclic) bond motifs is 1. The van der Waals surface area contributed by atoms with Gasteiger partial charge >= 0.3 is 0 Å². The number of benzene rings is 1. The van der Waals surface area contributed by atoms with E-state index in [0.717, 1.165) is 30.8 Å². The molecule has 1 aromatic rings. The third kappa shape index (κ3) is 4.24. The summed E-state index contributed by atoms with van der Waals surface area (Å²) >= 11 is 0. The first-order chi connectivity index (χ1) is 13.3. The second-order valence-electron chi connectivity index (χ2n) is 8.17. The number of nitrogens with one attached hydrogen (secondary N) is 1. The molecule has 1 atom stereocenters. The number of likely N-dealkylation sites (tertiary alicyclic amines) is 1. The molecule has 2 aliphatic rings. The highest BCUT2D eigenvalue weighted by Gasteiger charge is 2.37. The van der Waals surface area contributed by atoms with Gasteiger partial charge in [0.1, 0.15) is 12.4 Å². The van der Waals surface area contributed by atoms with Crippen LogP contribution in [0.5, 0.6) is 5.75 Å². The standard InChI is InChI=1S/C21H31N3O4/c1-21(2)8-5-10-24(21)19(25)13-16-14-28-18-7-6-15(12-17(18)23(16)3)20(26)22-9-11-27-4/h6-7,12,16H,5,8-11,13-14H2,1-4H3,(H,22,26)/t16-/m0/s1. The van der Waals surface area contributed by atoms with Crippen molar-refractivity contribution < 1.29 is 19.1 Å². The maximum atomic E-state index is 12.9. The van der Waals surface area contributed by atoms with Crippen molar-refractivity contribution in [3.8, 4) is 5.75 Å². The maximum absolute atomic E-state index is 12.9. The van der Waals surface area contributed by atoms with E-state index in [1.165, 1.54) is 0 Å². The van der Waals surface area contributed by atoms with E-state index >= 15 is 0 Å². The van der Waals surface area contributed by atoms with E-state index in [1.54, 1.807) is 13.2 Å². The summed E-state index contributed by atoms with van der Waals surface area (Å²) in [6, 6.07) is 5.35. The molecule has 28 heavy (non-hydrogen) atoms. The zero-order valence-electron chi connectivity index (χ0n) is 17.3. The number of likely N-dealkylation sites (N-methyl/N-ethyl adjacent to an activating group) is 1. The Kier molecular flexibility index (Phi) is 6.13. The van der Waals surface area contributed by atoms with Gasteiger partial charge in [0.05, 0.1) is 24.8 Å². The van der Waals surface area contributed by atoms with Gasteiger partial charge in [-0.1, -0.05) is 0 Å². The molecule has 0 unspecified atom stereocenters. The van der Waals surface area contributed by atoms with Crippen molar-refractivity contribution in [1.82, 2.24) is 10.2 Å². The fraction of sp³-hybridized carbons (Fsp3) is 0.619. The van der Waals surface area contributed by atoms with Gasteiger partial charge in [-0.05, 0) is 44.9 Å². The van der Waals surface area contributed by atoms with Gasteiger partial charge in [0.15, 0.2) is 0 Å². The molecule has 7 nitrogen and oxygen atoms in total. The fourth-order valence-corrected chi connectivity index (χ4v) is 4.00. The van der Waals surface area contributed by atoms with Crippen LogP contribution in [0.4, 0.5) is 5.69 Å². The molecule has 0 spiro atoms. The molecule has 2 amide bonds. The molecular formula is C21H31N3O4. The van der Waals surface area contributed by atoms with E-state index in [0.29, 0.717) is 31.7 Å². The minimum absolute atomic E-state index is 0.0526. The second kappa shape index (κ2) is 8.39. The summed E-state index contributed by atoms with van der Waals surface area (Å²) in [5, 5.41) is 2.83. The highest BCUT2D eigenvalue weighted by atomic mass is 16.5. The van der Waals surface area contributed by atoms with Crippen molar-refractivity contribution in [3.63, 3.8) is 0 Å². The number of hydrogen-bond donors (Lipinski definition) is 1. The van der Waals surface area contributed by atoms with Gasteiger partial charge in [-0.15, -0.1) is 0 Å². The second-order valence-corrected chi connectivity index (χ2v) is 8.17. The van der Waals surface area contributed by atoms with E-state index in [9.17, 15) is 9.59 Å². The smallest absolute Gasteiger partial charge is 0.251 e. The van der Waals surface area contributed by atoms with Crippen LogP contribution in [0.15, 0.2) is 18.2 Å². The molecule has 1 aromatic carbocycles. The first-order valence-corrected chi connectivity index (χ1v) is 9.91. The predicted molar refractivity (Wildman–Crippen MR) is 108 cm³/mol. The summed E-state index contributed by atoms with van der Waals surface area (Å²) in [4.78, 5) is 29.3. The number of carbonyl (C=O) groups excluding carboxylic acids is 2. The SMILES string of the molecule is COCCNC(=O)c1ccc2c(c1)N(C)[C@@H](CC(=O)N1CCCC1(C)C)CO2. The van der Waals surface area contributed by atoms with E-state index in [4.69, 9.17) is 9.47 Å². The summed E-state index contributed by atoms with van der Waals surface area (Å²) in [6.07, 6.45) is 2.50. The molecule has 3 rings (SSSR count). The number of ether oxygens (including phenoxy) is 2. The summed E-state index contributed by atoms with van der Waals surface area (Å²) in [6.45, 7) is 6.47. The third-order valence-electron chi connectivity index (χ3n) is 5.78. The van der Waals surface area contributed by atoms with Gasteiger partial charge in [0.2, 0.25) is 5.91 Å². The van der Waals surface area contributed by atoms with E-state index in [1.807, 2.05) is 24.1 Å². The number of carbonyl (C=O) groups is 2. The van der Waals surface area contributed by atoms with Crippen LogP contribution in [0.2, 0.25) is 0 Å². The van der Waals surface area contributed by atoms with Gasteiger partial charge in [-0.3, -0.25) is 9.59 Å². The number of nitrogens with zero attached hydrogens (tertiary/aromatic N) is 2. The Morgan fingerprint density at radius 2 is 2.14 bits per heavy atom. The van der Waals surface area contributed by atoms with Crippen LogP contribution in [0.1, 0.15) is 43.5 Å². The van der Waals surface area contributed by atoms with E-state index in [-0.39, 0.29) is 23.4 Å². The van der Waals surface area contributed by atoms with E-state index < -0.39 is 0 Å². The average molecular weight is 389 g/mol. The molecule has 154 valence electrons. The van der Waals surface area contributed by atoms with Crippen molar-refractivity contribution in [2.24, 2.45) is 0 Å². The van der Waals surface area contributed by atoms with Crippen molar-refractivity contribution in [3.05, 3.63) is 23.8 Å². The van der Waals surface area contributed by atoms with Crippen LogP contribution in [0, 0.1) is 0 Å². The lowest BCUT2D eigenvalue weighted by Crippen LogP contribution is -2.48. The van der Waals surface area contributed by atoms with Crippen molar-refractivity contribution in [2.45, 2.75) is 44.7 Å². The highest BCUT2D eigenvalue weighted by Crippen LogP contribution is 2.35. The molecule has 1 fully saturated rings. The van der Waals surface area contributed by atoms with Crippen LogP contribution in [0.3, 0.4) is 0 Å². The van der Waals surface area contributed by atoms with Gasteiger partial charge < -0.3 is 24.6 Å². The average Bonchev–Trinajstić information content (AvgIpc) is 3.03. The Labute approximate surface area is 167 Å². The quantitative estimate of drug-likeness (QED) is 0.754. The van der Waals surface area contributed by atoms with Crippen LogP contribution in [-0.2, 0) is 9.53 Å². The normalized spacial score (nSPS) is 20.5. The lowest BCUT2D eigenvalue weighted by Gasteiger charge is -2.38. The number of rotatable bonds is 6. The predicted octanol–water partition coefficient (Wildman–Crippen LogP) is 2.05.